The molecular formula is C19H39N5. The monoisotopic (exact) mass is 337 g/mol. The molecule has 2 aliphatic carbocycles. The predicted molar refractivity (Wildman–Crippen MR) is 102 cm³/mol. The summed E-state index contributed by atoms with van der Waals surface area (Å²) in [5, 5.41) is 19.0. The number of rotatable bonds is 0. The molecule has 0 aromatic rings. The Labute approximate surface area is 148 Å². The minimum absolute atomic E-state index is 0.541. The van der Waals surface area contributed by atoms with Crippen LogP contribution < -0.4 is 26.6 Å². The van der Waals surface area contributed by atoms with Crippen molar-refractivity contribution in [2.45, 2.75) is 88.5 Å². The average Bonchev–Trinajstić information content (AvgIpc) is 2.62. The van der Waals surface area contributed by atoms with Crippen LogP contribution >= 0.6 is 0 Å². The molecule has 0 amide bonds. The zero-order chi connectivity index (χ0) is 16.6. The van der Waals surface area contributed by atoms with Gasteiger partial charge in [-0.05, 0) is 32.6 Å². The summed E-state index contributed by atoms with van der Waals surface area (Å²) in [5.41, 5.74) is 0. The van der Waals surface area contributed by atoms with E-state index < -0.39 is 0 Å². The summed E-state index contributed by atoms with van der Waals surface area (Å²) in [4.78, 5) is 0. The number of hydrogen-bond donors (Lipinski definition) is 5. The maximum atomic E-state index is 3.84. The normalized spacial score (nSPS) is 40.6. The van der Waals surface area contributed by atoms with Crippen LogP contribution in [-0.4, -0.2) is 62.9 Å². The van der Waals surface area contributed by atoms with Gasteiger partial charge in [-0.2, -0.15) is 0 Å². The average molecular weight is 338 g/mol. The molecule has 24 heavy (non-hydrogen) atoms. The van der Waals surface area contributed by atoms with Crippen LogP contribution in [0, 0.1) is 0 Å². The SMILES string of the molecule is C[C@@H]1CN[C@@H]2CCCC[C@H]2NCCNC2CCCCC2NCCN1. The van der Waals surface area contributed by atoms with E-state index >= 15 is 0 Å². The van der Waals surface area contributed by atoms with Crippen molar-refractivity contribution in [1.29, 1.82) is 0 Å². The Kier molecular flexibility index (Phi) is 7.80. The van der Waals surface area contributed by atoms with E-state index in [1.165, 1.54) is 51.4 Å². The maximum Gasteiger partial charge on any atom is 0.0221 e. The van der Waals surface area contributed by atoms with Gasteiger partial charge in [-0.25, -0.2) is 0 Å². The first-order chi connectivity index (χ1) is 11.8. The quantitative estimate of drug-likeness (QED) is 0.456. The van der Waals surface area contributed by atoms with Crippen LogP contribution in [0.1, 0.15) is 58.3 Å². The Balaban J connectivity index is 1.55. The molecule has 0 radical (unpaired) electrons. The summed E-state index contributed by atoms with van der Waals surface area (Å²) in [6.07, 6.45) is 10.8. The third kappa shape index (κ3) is 5.67. The Hall–Kier alpha value is -0.200. The molecule has 2 saturated carbocycles. The van der Waals surface area contributed by atoms with Crippen molar-refractivity contribution in [2.24, 2.45) is 0 Å². The molecule has 0 aromatic heterocycles. The van der Waals surface area contributed by atoms with Gasteiger partial charge >= 0.3 is 0 Å². The van der Waals surface area contributed by atoms with Crippen LogP contribution in [0.15, 0.2) is 0 Å². The van der Waals surface area contributed by atoms with Crippen molar-refractivity contribution in [1.82, 2.24) is 26.6 Å². The largest absolute Gasteiger partial charge is 0.312 e. The zero-order valence-electron chi connectivity index (χ0n) is 15.6. The molecule has 5 atom stereocenters. The van der Waals surface area contributed by atoms with Crippen LogP contribution in [-0.2, 0) is 0 Å². The van der Waals surface area contributed by atoms with Gasteiger partial charge < -0.3 is 26.6 Å². The van der Waals surface area contributed by atoms with Gasteiger partial charge in [0.15, 0.2) is 0 Å². The fraction of sp³-hybridized carbons (Fsp3) is 1.00. The molecule has 0 spiro atoms. The third-order valence-corrected chi connectivity index (χ3v) is 6.18. The Morgan fingerprint density at radius 1 is 0.500 bits per heavy atom. The summed E-state index contributed by atoms with van der Waals surface area (Å²) in [5.74, 6) is 0. The second kappa shape index (κ2) is 10.1. The Morgan fingerprint density at radius 2 is 0.875 bits per heavy atom. The minimum atomic E-state index is 0.541. The Morgan fingerprint density at radius 3 is 1.33 bits per heavy atom. The lowest BCUT2D eigenvalue weighted by Gasteiger charge is -2.35. The minimum Gasteiger partial charge on any atom is -0.312 e. The van der Waals surface area contributed by atoms with Crippen LogP contribution in [0.4, 0.5) is 0 Å². The van der Waals surface area contributed by atoms with E-state index in [-0.39, 0.29) is 0 Å². The van der Waals surface area contributed by atoms with Gasteiger partial charge in [0.1, 0.15) is 0 Å². The first-order valence-electron chi connectivity index (χ1n) is 10.5. The predicted octanol–water partition coefficient (Wildman–Crippen LogP) is 0.959. The first-order valence-corrected chi connectivity index (χ1v) is 10.5. The van der Waals surface area contributed by atoms with Crippen LogP contribution in [0.25, 0.3) is 0 Å². The summed E-state index contributed by atoms with van der Waals surface area (Å²) in [7, 11) is 0. The van der Waals surface area contributed by atoms with E-state index in [9.17, 15) is 0 Å². The molecule has 2 unspecified atom stereocenters. The second-order valence-electron chi connectivity index (χ2n) is 8.12. The molecule has 1 aliphatic heterocycles. The van der Waals surface area contributed by atoms with Gasteiger partial charge in [-0.1, -0.05) is 25.7 Å². The smallest absolute Gasteiger partial charge is 0.0221 e. The fourth-order valence-corrected chi connectivity index (χ4v) is 4.73. The number of nitrogens with one attached hydrogen (secondary N) is 5. The Bertz CT molecular complexity index is 351. The van der Waals surface area contributed by atoms with E-state index in [0.29, 0.717) is 30.2 Å². The van der Waals surface area contributed by atoms with Gasteiger partial charge in [0.25, 0.3) is 0 Å². The molecule has 3 fully saturated rings. The molecule has 3 rings (SSSR count). The molecule has 0 bridgehead atoms. The molecule has 5 nitrogen and oxygen atoms in total. The van der Waals surface area contributed by atoms with Crippen molar-refractivity contribution in [3.8, 4) is 0 Å². The number of hydrogen-bond acceptors (Lipinski definition) is 5. The topological polar surface area (TPSA) is 60.1 Å². The molecule has 1 saturated heterocycles. The van der Waals surface area contributed by atoms with Gasteiger partial charge in [0, 0.05) is 62.9 Å². The highest BCUT2D eigenvalue weighted by molar-refractivity contribution is 4.89. The van der Waals surface area contributed by atoms with Gasteiger partial charge in [-0.3, -0.25) is 0 Å². The summed E-state index contributed by atoms with van der Waals surface area (Å²) in [6.45, 7) is 7.73. The summed E-state index contributed by atoms with van der Waals surface area (Å²) in [6, 6.07) is 3.15. The van der Waals surface area contributed by atoms with Gasteiger partial charge in [0.2, 0.25) is 0 Å². The summed E-state index contributed by atoms with van der Waals surface area (Å²) < 4.78 is 0. The van der Waals surface area contributed by atoms with Crippen molar-refractivity contribution in [3.63, 3.8) is 0 Å². The van der Waals surface area contributed by atoms with Crippen molar-refractivity contribution in [3.05, 3.63) is 0 Å². The second-order valence-corrected chi connectivity index (χ2v) is 8.12. The standard InChI is InChI=1S/C19H39N5/c1-15-14-24-19-9-5-4-8-18(19)23-13-12-22-17-7-3-2-6-16(17)21-11-10-20-15/h15-24H,2-14H2,1H3/t15-,16?,17?,18-,19-/m1/s1. The molecule has 5 heteroatoms. The molecule has 3 aliphatic rings. The molecule has 140 valence electrons. The maximum absolute atomic E-state index is 3.84. The highest BCUT2D eigenvalue weighted by Crippen LogP contribution is 2.19. The van der Waals surface area contributed by atoms with E-state index in [0.717, 1.165) is 32.7 Å². The van der Waals surface area contributed by atoms with Gasteiger partial charge in [0.05, 0.1) is 0 Å². The van der Waals surface area contributed by atoms with E-state index in [4.69, 9.17) is 0 Å². The lowest BCUT2D eigenvalue weighted by atomic mass is 9.89. The fourth-order valence-electron chi connectivity index (χ4n) is 4.73. The van der Waals surface area contributed by atoms with E-state index in [2.05, 4.69) is 33.5 Å². The van der Waals surface area contributed by atoms with Crippen molar-refractivity contribution in [2.75, 3.05) is 32.7 Å². The number of fused-ring (bicyclic) bond motifs is 2. The lowest BCUT2D eigenvalue weighted by molar-refractivity contribution is 0.269. The van der Waals surface area contributed by atoms with Crippen molar-refractivity contribution >= 4 is 0 Å². The molecule has 5 N–H and O–H groups in total. The van der Waals surface area contributed by atoms with Crippen LogP contribution in [0.2, 0.25) is 0 Å². The van der Waals surface area contributed by atoms with Crippen LogP contribution in [0.3, 0.4) is 0 Å². The molecular weight excluding hydrogens is 298 g/mol. The molecule has 0 aromatic carbocycles. The summed E-state index contributed by atoms with van der Waals surface area (Å²) >= 11 is 0. The highest BCUT2D eigenvalue weighted by atomic mass is 15.1. The van der Waals surface area contributed by atoms with E-state index in [1.807, 2.05) is 0 Å². The van der Waals surface area contributed by atoms with Crippen LogP contribution in [0.5, 0.6) is 0 Å². The lowest BCUT2D eigenvalue weighted by Crippen LogP contribution is -2.54. The third-order valence-electron chi connectivity index (χ3n) is 6.18. The van der Waals surface area contributed by atoms with Crippen molar-refractivity contribution < 1.29 is 0 Å². The van der Waals surface area contributed by atoms with Gasteiger partial charge in [-0.15, -0.1) is 0 Å². The highest BCUT2D eigenvalue weighted by Gasteiger charge is 2.26. The van der Waals surface area contributed by atoms with E-state index in [1.54, 1.807) is 0 Å². The molecule has 1 heterocycles. The zero-order valence-corrected chi connectivity index (χ0v) is 15.6. The first kappa shape index (κ1) is 18.6.